The second-order valence-corrected chi connectivity index (χ2v) is 9.85. The molecule has 8 heteroatoms. The highest BCUT2D eigenvalue weighted by molar-refractivity contribution is 5.94. The van der Waals surface area contributed by atoms with Gasteiger partial charge in [-0.2, -0.15) is 9.97 Å². The molecule has 42 heavy (non-hydrogen) atoms. The average molecular weight is 553 g/mol. The molecule has 0 aliphatic carbocycles. The molecule has 0 saturated heterocycles. The van der Waals surface area contributed by atoms with Gasteiger partial charge in [0.25, 0.3) is 0 Å². The zero-order valence-electron chi connectivity index (χ0n) is 23.2. The van der Waals surface area contributed by atoms with Gasteiger partial charge in [0.1, 0.15) is 11.0 Å². The monoisotopic (exact) mass is 552 g/mol. The largest absolute Gasteiger partial charge is 0.364 e. The van der Waals surface area contributed by atoms with E-state index in [9.17, 15) is 0 Å². The van der Waals surface area contributed by atoms with E-state index in [0.29, 0.717) is 60.7 Å². The summed E-state index contributed by atoms with van der Waals surface area (Å²) in [5.41, 5.74) is 5.83. The lowest BCUT2D eigenvalue weighted by Crippen LogP contribution is -2.13. The topological polar surface area (TPSA) is 99.7 Å². The standard InChI is InChI=1S/C34H32N8/c1-5-13-25(14-6-1)21-35-31-29-30(40-33(41-31)37-23-27-17-9-3-10-18-27)32(36-22-26-15-7-2-8-16-26)42-34(39-29)38-24-28-19-11-4-12-20-28/h1-20H,21-24H2,(H2,35,37,40,41)(H2,36,38,39,42). The Hall–Kier alpha value is -5.50. The first-order valence-corrected chi connectivity index (χ1v) is 14.0. The third kappa shape index (κ3) is 6.98. The molecule has 6 rings (SSSR count). The van der Waals surface area contributed by atoms with Gasteiger partial charge in [-0.15, -0.1) is 0 Å². The Balaban J connectivity index is 1.38. The van der Waals surface area contributed by atoms with Crippen LogP contribution in [0.5, 0.6) is 0 Å². The fraction of sp³-hybridized carbons (Fsp3) is 0.118. The number of fused-ring (bicyclic) bond motifs is 1. The molecule has 0 aliphatic rings. The van der Waals surface area contributed by atoms with Crippen molar-refractivity contribution in [3.8, 4) is 0 Å². The summed E-state index contributed by atoms with van der Waals surface area (Å²) in [4.78, 5) is 19.5. The van der Waals surface area contributed by atoms with Crippen molar-refractivity contribution >= 4 is 34.6 Å². The van der Waals surface area contributed by atoms with E-state index >= 15 is 0 Å². The molecule has 0 atom stereocenters. The van der Waals surface area contributed by atoms with E-state index in [1.54, 1.807) is 0 Å². The summed E-state index contributed by atoms with van der Waals surface area (Å²) in [5.74, 6) is 2.26. The maximum atomic E-state index is 4.90. The first kappa shape index (κ1) is 26.7. The van der Waals surface area contributed by atoms with Gasteiger partial charge in [-0.25, -0.2) is 9.97 Å². The van der Waals surface area contributed by atoms with Crippen LogP contribution < -0.4 is 21.3 Å². The van der Waals surface area contributed by atoms with E-state index in [0.717, 1.165) is 22.3 Å². The number of rotatable bonds is 12. The second-order valence-electron chi connectivity index (χ2n) is 9.85. The van der Waals surface area contributed by atoms with Gasteiger partial charge < -0.3 is 21.3 Å². The number of nitrogens with one attached hydrogen (secondary N) is 4. The second kappa shape index (κ2) is 13.2. The normalized spacial score (nSPS) is 10.8. The predicted octanol–water partition coefficient (Wildman–Crippen LogP) is 6.87. The molecular formula is C34H32N8. The van der Waals surface area contributed by atoms with Crippen LogP contribution in [0.2, 0.25) is 0 Å². The van der Waals surface area contributed by atoms with Crippen LogP contribution in [0, 0.1) is 0 Å². The molecule has 0 amide bonds. The number of benzene rings is 4. The Morgan fingerprint density at radius 1 is 0.333 bits per heavy atom. The van der Waals surface area contributed by atoms with Gasteiger partial charge in [0.2, 0.25) is 11.9 Å². The molecule has 0 radical (unpaired) electrons. The first-order valence-electron chi connectivity index (χ1n) is 14.0. The van der Waals surface area contributed by atoms with Gasteiger partial charge in [-0.3, -0.25) is 0 Å². The third-order valence-corrected chi connectivity index (χ3v) is 6.74. The van der Waals surface area contributed by atoms with Gasteiger partial charge in [-0.05, 0) is 22.3 Å². The fourth-order valence-corrected chi connectivity index (χ4v) is 4.54. The van der Waals surface area contributed by atoms with E-state index in [1.165, 1.54) is 0 Å². The Morgan fingerprint density at radius 3 is 0.929 bits per heavy atom. The van der Waals surface area contributed by atoms with Crippen molar-refractivity contribution < 1.29 is 0 Å². The van der Waals surface area contributed by atoms with Crippen molar-refractivity contribution in [1.29, 1.82) is 0 Å². The Morgan fingerprint density at radius 2 is 0.619 bits per heavy atom. The molecular weight excluding hydrogens is 520 g/mol. The molecule has 0 saturated carbocycles. The Kier molecular flexibility index (Phi) is 8.42. The zero-order valence-corrected chi connectivity index (χ0v) is 23.2. The van der Waals surface area contributed by atoms with Crippen molar-refractivity contribution in [1.82, 2.24) is 19.9 Å². The summed E-state index contributed by atoms with van der Waals surface area (Å²) < 4.78 is 0. The van der Waals surface area contributed by atoms with Crippen LogP contribution in [-0.4, -0.2) is 19.9 Å². The molecule has 2 heterocycles. The maximum absolute atomic E-state index is 4.90. The SMILES string of the molecule is c1ccc(CNc2nc(NCc3ccccc3)c3nc(NCc4ccccc4)nc(NCc4ccccc4)c3n2)cc1. The molecule has 4 N–H and O–H groups in total. The third-order valence-electron chi connectivity index (χ3n) is 6.74. The number of hydrogen-bond donors (Lipinski definition) is 4. The van der Waals surface area contributed by atoms with Crippen LogP contribution in [0.4, 0.5) is 23.5 Å². The van der Waals surface area contributed by atoms with Gasteiger partial charge >= 0.3 is 0 Å². The molecule has 0 aliphatic heterocycles. The fourth-order valence-electron chi connectivity index (χ4n) is 4.54. The Labute approximate surface area is 245 Å². The maximum Gasteiger partial charge on any atom is 0.225 e. The van der Waals surface area contributed by atoms with Crippen LogP contribution in [0.25, 0.3) is 11.0 Å². The minimum Gasteiger partial charge on any atom is -0.364 e. The summed E-state index contributed by atoms with van der Waals surface area (Å²) in [6.45, 7) is 2.37. The van der Waals surface area contributed by atoms with E-state index in [1.807, 2.05) is 72.8 Å². The van der Waals surface area contributed by atoms with Crippen LogP contribution >= 0.6 is 0 Å². The molecule has 208 valence electrons. The van der Waals surface area contributed by atoms with Crippen LogP contribution in [0.3, 0.4) is 0 Å². The summed E-state index contributed by atoms with van der Waals surface area (Å²) in [6.07, 6.45) is 0. The van der Waals surface area contributed by atoms with Gasteiger partial charge in [-0.1, -0.05) is 121 Å². The van der Waals surface area contributed by atoms with Crippen molar-refractivity contribution in [2.24, 2.45) is 0 Å². The van der Waals surface area contributed by atoms with Crippen molar-refractivity contribution in [3.63, 3.8) is 0 Å². The number of hydrogen-bond acceptors (Lipinski definition) is 8. The summed E-state index contributed by atoms with van der Waals surface area (Å²) in [6, 6.07) is 40.9. The quantitative estimate of drug-likeness (QED) is 0.131. The van der Waals surface area contributed by atoms with Crippen molar-refractivity contribution in [3.05, 3.63) is 144 Å². The van der Waals surface area contributed by atoms with E-state index in [4.69, 9.17) is 19.9 Å². The molecule has 6 aromatic rings. The van der Waals surface area contributed by atoms with Crippen molar-refractivity contribution in [2.45, 2.75) is 26.2 Å². The minimum absolute atomic E-state index is 0.498. The first-order chi connectivity index (χ1) is 20.8. The van der Waals surface area contributed by atoms with Gasteiger partial charge in [0, 0.05) is 26.2 Å². The predicted molar refractivity (Wildman–Crippen MR) is 170 cm³/mol. The highest BCUT2D eigenvalue weighted by Crippen LogP contribution is 2.28. The molecule has 0 spiro atoms. The average Bonchev–Trinajstić information content (AvgIpc) is 3.06. The summed E-state index contributed by atoms with van der Waals surface area (Å²) in [7, 11) is 0. The minimum atomic E-state index is 0.498. The number of nitrogens with zero attached hydrogens (tertiary/aromatic N) is 4. The lowest BCUT2D eigenvalue weighted by atomic mass is 10.2. The smallest absolute Gasteiger partial charge is 0.225 e. The zero-order chi connectivity index (χ0) is 28.4. The summed E-state index contributed by atoms with van der Waals surface area (Å²) in [5, 5.41) is 13.8. The van der Waals surface area contributed by atoms with Crippen LogP contribution in [0.1, 0.15) is 22.3 Å². The van der Waals surface area contributed by atoms with Gasteiger partial charge in [0.15, 0.2) is 11.6 Å². The number of aromatic nitrogens is 4. The lowest BCUT2D eigenvalue weighted by molar-refractivity contribution is 1.02. The Bertz CT molecular complexity index is 1580. The molecule has 0 unspecified atom stereocenters. The molecule has 4 aromatic carbocycles. The number of anilines is 4. The molecule has 0 fully saturated rings. The highest BCUT2D eigenvalue weighted by atomic mass is 15.2. The summed E-state index contributed by atoms with van der Waals surface area (Å²) >= 11 is 0. The van der Waals surface area contributed by atoms with Crippen LogP contribution in [-0.2, 0) is 26.2 Å². The van der Waals surface area contributed by atoms with E-state index in [-0.39, 0.29) is 0 Å². The van der Waals surface area contributed by atoms with E-state index < -0.39 is 0 Å². The van der Waals surface area contributed by atoms with Crippen molar-refractivity contribution in [2.75, 3.05) is 21.3 Å². The van der Waals surface area contributed by atoms with Crippen LogP contribution in [0.15, 0.2) is 121 Å². The highest BCUT2D eigenvalue weighted by Gasteiger charge is 2.17. The van der Waals surface area contributed by atoms with Gasteiger partial charge in [0.05, 0.1) is 0 Å². The molecule has 0 bridgehead atoms. The molecule has 8 nitrogen and oxygen atoms in total. The lowest BCUT2D eigenvalue weighted by Gasteiger charge is -2.16. The molecule has 2 aromatic heterocycles. The van der Waals surface area contributed by atoms with E-state index in [2.05, 4.69) is 69.8 Å².